The number of hydrogen-bond donors (Lipinski definition) is 1. The van der Waals surface area contributed by atoms with Crippen LogP contribution < -0.4 is 34.5 Å². The molecule has 20 heteroatoms. The first-order valence-corrected chi connectivity index (χ1v) is 29.4. The van der Waals surface area contributed by atoms with Crippen LogP contribution in [0.25, 0.3) is 0 Å². The summed E-state index contributed by atoms with van der Waals surface area (Å²) in [4.78, 5) is 59.5. The van der Waals surface area contributed by atoms with Crippen LogP contribution >= 0.6 is 28.8 Å². The van der Waals surface area contributed by atoms with Crippen LogP contribution in [-0.2, 0) is 90.8 Å². The maximum atomic E-state index is 12.4. The Bertz CT molecular complexity index is 1640. The van der Waals surface area contributed by atoms with E-state index in [9.17, 15) is 23.2 Å². The Kier molecular flexibility index (Phi) is 54.3. The molecule has 0 saturated carbocycles. The molecule has 0 spiro atoms. The number of aliphatic hydroxyl groups excluding tert-OH is 1. The molecule has 1 N–H and O–H groups in total. The average Bonchev–Trinajstić information content (AvgIpc) is 3.12. The van der Waals surface area contributed by atoms with Gasteiger partial charge in [-0.15, -0.1) is 0 Å². The summed E-state index contributed by atoms with van der Waals surface area (Å²) in [5.74, 6) is 3.21. The molecule has 0 heterocycles. The SMILES string of the molecule is CC(C)C(C)CP(C)(=O)CO.CC(C)C(C)CP(C)(=O)COCc1ccccc1.CP(=O)([O-])COCc1ccccc1.O=C=O.O=C=O.O=C=O.[CH2-]P(C)(=O)CC(C)C(C)C.[Na+].[W]. The van der Waals surface area contributed by atoms with Gasteiger partial charge in [0.1, 0.15) is 14.3 Å². The quantitative estimate of drug-likeness (QED) is 0.0966. The van der Waals surface area contributed by atoms with Crippen LogP contribution in [0.1, 0.15) is 73.4 Å². The maximum absolute atomic E-state index is 12.4. The second kappa shape index (κ2) is 44.8. The standard InChI is InChI=1S/C15H25O2P.C9H13O3P.C8H19O2P.C8H18OP.3CO2.Na.W/c1-13(2)14(3)11-18(4,16)12-17-10-15-8-6-5-7-9-15;1-13(10,11)8-12-7-9-5-3-2-4-6-9;1-7(2)8(3)5-11(4,10)6-9;1-7(2)8(3)6-10(4,5)9;3*2-1-3;;/h5-9,13-14H,10-12H2,1-4H3;2-6H,7-8H2,1H3,(H,10,11);7-9H,5-6H2,1-4H3;7-8H,4,6H2,1-3,5H3;;;;;/q;;;-1;;;;+1;/p-1. The Hall–Kier alpha value is -0.972. The zero-order valence-corrected chi connectivity index (χ0v) is 48.6. The molecule has 0 radical (unpaired) electrons. The number of hydrogen-bond acceptors (Lipinski definition) is 14. The predicted molar refractivity (Wildman–Crippen MR) is 240 cm³/mol. The van der Waals surface area contributed by atoms with E-state index in [2.05, 4.69) is 69.0 Å². The zero-order chi connectivity index (χ0) is 48.9. The van der Waals surface area contributed by atoms with Gasteiger partial charge in [0.15, 0.2) is 0 Å². The van der Waals surface area contributed by atoms with E-state index >= 15 is 0 Å². The van der Waals surface area contributed by atoms with E-state index in [4.69, 9.17) is 43.3 Å². The summed E-state index contributed by atoms with van der Waals surface area (Å²) in [6.45, 7) is 30.3. The fraction of sp³-hybridized carbons (Fsp3) is 0.628. The molecular formula is C43H74NaO14P4W-. The molecule has 0 amide bonds. The van der Waals surface area contributed by atoms with Gasteiger partial charge in [0, 0.05) is 40.8 Å². The normalized spacial score (nSPS) is 15.0. The van der Waals surface area contributed by atoms with Crippen LogP contribution in [0.15, 0.2) is 60.7 Å². The van der Waals surface area contributed by atoms with Gasteiger partial charge >= 0.3 is 48.0 Å². The molecule has 7 unspecified atom stereocenters. The molecule has 2 aromatic carbocycles. The number of ether oxygens (including phenoxy) is 2. The van der Waals surface area contributed by atoms with Crippen molar-refractivity contribution in [3.05, 3.63) is 78.5 Å². The maximum Gasteiger partial charge on any atom is 1.00 e. The van der Waals surface area contributed by atoms with Crippen molar-refractivity contribution in [2.24, 2.45) is 35.5 Å². The van der Waals surface area contributed by atoms with Gasteiger partial charge in [0.2, 0.25) is 0 Å². The Morgan fingerprint density at radius 2 is 0.825 bits per heavy atom. The third-order valence-electron chi connectivity index (χ3n) is 8.65. The molecule has 2 rings (SSSR count). The zero-order valence-electron chi connectivity index (χ0n) is 40.1. The topological polar surface area (TPSA) is 232 Å². The van der Waals surface area contributed by atoms with Gasteiger partial charge in [-0.25, -0.2) is 0 Å². The Labute approximate surface area is 415 Å². The van der Waals surface area contributed by atoms with Crippen LogP contribution in [0.5, 0.6) is 0 Å². The molecule has 7 atom stereocenters. The predicted octanol–water partition coefficient (Wildman–Crippen LogP) is 6.41. The minimum absolute atomic E-state index is 0. The number of carbonyl (C=O) groups excluding carboxylic acids is 6. The van der Waals surface area contributed by atoms with Crippen LogP contribution in [0.3, 0.4) is 0 Å². The average molecular weight is 1150 g/mol. The summed E-state index contributed by atoms with van der Waals surface area (Å²) in [7, 11) is -9.69. The van der Waals surface area contributed by atoms with Gasteiger partial charge < -0.3 is 37.7 Å². The van der Waals surface area contributed by atoms with Crippen molar-refractivity contribution in [2.75, 3.05) is 64.2 Å². The number of rotatable bonds is 18. The van der Waals surface area contributed by atoms with Crippen LogP contribution in [0, 0.1) is 42.2 Å². The van der Waals surface area contributed by atoms with E-state index in [0.717, 1.165) is 23.5 Å². The van der Waals surface area contributed by atoms with Gasteiger partial charge in [-0.3, -0.25) is 6.66 Å². The van der Waals surface area contributed by atoms with Crippen molar-refractivity contribution in [2.45, 2.75) is 75.5 Å². The van der Waals surface area contributed by atoms with Crippen LogP contribution in [0.2, 0.25) is 0 Å². The van der Waals surface area contributed by atoms with Crippen molar-refractivity contribution in [1.29, 1.82) is 0 Å². The molecule has 0 aliphatic carbocycles. The first kappa shape index (κ1) is 76.3. The molecule has 0 aliphatic rings. The molecular weight excluding hydrogens is 1070 g/mol. The van der Waals surface area contributed by atoms with E-state index in [1.165, 1.54) is 6.66 Å². The molecule has 358 valence electrons. The second-order valence-corrected chi connectivity index (χ2v) is 28.1. The van der Waals surface area contributed by atoms with E-state index < -0.39 is 28.8 Å². The van der Waals surface area contributed by atoms with Crippen molar-refractivity contribution in [1.82, 2.24) is 0 Å². The fourth-order valence-electron chi connectivity index (χ4n) is 4.40. The van der Waals surface area contributed by atoms with Crippen LogP contribution in [0.4, 0.5) is 0 Å². The number of benzene rings is 2. The molecule has 0 bridgehead atoms. The molecule has 0 aromatic heterocycles. The second-order valence-electron chi connectivity index (χ2n) is 16.4. The molecule has 0 saturated heterocycles. The van der Waals surface area contributed by atoms with E-state index in [1.807, 2.05) is 67.3 Å². The van der Waals surface area contributed by atoms with Gasteiger partial charge in [-0.05, 0) is 86.6 Å². The van der Waals surface area contributed by atoms with Crippen LogP contribution in [-0.4, -0.2) is 87.7 Å². The van der Waals surface area contributed by atoms with E-state index in [-0.39, 0.29) is 81.8 Å². The molecule has 14 nitrogen and oxygen atoms in total. The number of aliphatic hydroxyl groups is 1. The minimum atomic E-state index is -3.27. The molecule has 0 aliphatic heterocycles. The minimum Gasteiger partial charge on any atom is -0.798 e. The summed E-state index contributed by atoms with van der Waals surface area (Å²) in [5, 5.41) is 8.76. The largest absolute Gasteiger partial charge is 1.00 e. The first-order valence-electron chi connectivity index (χ1n) is 19.6. The third-order valence-corrected chi connectivity index (χ3v) is 14.7. The van der Waals surface area contributed by atoms with Gasteiger partial charge in [-0.1, -0.05) is 123 Å². The monoisotopic (exact) mass is 1150 g/mol. The summed E-state index contributed by atoms with van der Waals surface area (Å²) < 4.78 is 56.4. The van der Waals surface area contributed by atoms with Crippen molar-refractivity contribution in [3.8, 4) is 0 Å². The molecule has 2 aromatic rings. The summed E-state index contributed by atoms with van der Waals surface area (Å²) >= 11 is 0. The first-order chi connectivity index (χ1) is 27.9. The van der Waals surface area contributed by atoms with Gasteiger partial charge in [0.05, 0.1) is 32.3 Å². The molecule has 63 heavy (non-hydrogen) atoms. The van der Waals surface area contributed by atoms with E-state index in [0.29, 0.717) is 61.2 Å². The van der Waals surface area contributed by atoms with Gasteiger partial charge in [0.25, 0.3) is 0 Å². The Morgan fingerprint density at radius 3 is 1.06 bits per heavy atom. The smallest absolute Gasteiger partial charge is 0.798 e. The summed E-state index contributed by atoms with van der Waals surface area (Å²) in [6, 6.07) is 19.5. The van der Waals surface area contributed by atoms with Gasteiger partial charge in [-0.2, -0.15) is 28.8 Å². The van der Waals surface area contributed by atoms with E-state index in [1.54, 1.807) is 13.3 Å². The van der Waals surface area contributed by atoms with Crippen molar-refractivity contribution in [3.63, 3.8) is 0 Å². The molecule has 0 fully saturated rings. The van der Waals surface area contributed by atoms with Crippen molar-refractivity contribution < 1.29 is 117 Å². The summed E-state index contributed by atoms with van der Waals surface area (Å²) in [6.07, 6.45) is 3.02. The fourth-order valence-corrected chi connectivity index (χ4v) is 10.4. The summed E-state index contributed by atoms with van der Waals surface area (Å²) in [5.41, 5.74) is 2.12. The van der Waals surface area contributed by atoms with Crippen molar-refractivity contribution >= 4 is 47.2 Å². The Balaban J connectivity index is -0.000000126. The third kappa shape index (κ3) is 61.0. The Morgan fingerprint density at radius 1 is 0.556 bits per heavy atom.